The molecule has 0 radical (unpaired) electrons. The summed E-state index contributed by atoms with van der Waals surface area (Å²) in [5, 5.41) is 0. The summed E-state index contributed by atoms with van der Waals surface area (Å²) in [7, 11) is 1.44. The number of rotatable bonds is 5. The van der Waals surface area contributed by atoms with Crippen molar-refractivity contribution in [2.75, 3.05) is 26.7 Å². The lowest BCUT2D eigenvalue weighted by molar-refractivity contribution is -0.140. The Labute approximate surface area is 98.1 Å². The number of ether oxygens (including phenoxy) is 1. The average molecular weight is 228 g/mol. The molecule has 0 aromatic carbocycles. The van der Waals surface area contributed by atoms with Gasteiger partial charge in [-0.15, -0.1) is 0 Å². The zero-order chi connectivity index (χ0) is 12.0. The molecule has 4 heteroatoms. The van der Waals surface area contributed by atoms with Gasteiger partial charge in [-0.05, 0) is 38.3 Å². The van der Waals surface area contributed by atoms with Gasteiger partial charge in [0, 0.05) is 19.0 Å². The summed E-state index contributed by atoms with van der Waals surface area (Å²) in [5.74, 6) is 0.561. The second-order valence-corrected chi connectivity index (χ2v) is 4.64. The number of carbonyl (C=O) groups excluding carboxylic acids is 1. The van der Waals surface area contributed by atoms with E-state index >= 15 is 0 Å². The van der Waals surface area contributed by atoms with Crippen LogP contribution in [-0.4, -0.2) is 43.7 Å². The Morgan fingerprint density at radius 2 is 2.31 bits per heavy atom. The van der Waals surface area contributed by atoms with Crippen LogP contribution in [0.15, 0.2) is 0 Å². The van der Waals surface area contributed by atoms with E-state index in [0.717, 1.165) is 26.1 Å². The highest BCUT2D eigenvalue weighted by Crippen LogP contribution is 2.22. The number of hydrogen-bond donors (Lipinski definition) is 1. The molecule has 0 amide bonds. The van der Waals surface area contributed by atoms with Crippen LogP contribution in [0, 0.1) is 5.92 Å². The molecule has 2 unspecified atom stereocenters. The Kier molecular flexibility index (Phi) is 5.77. The molecule has 1 rings (SSSR count). The standard InChI is InChI=1S/C12H24N2O2/c1-10-5-3-7-14(11(10)9-13)8-4-6-12(15)16-2/h10-11H,3-9,13H2,1-2H3. The van der Waals surface area contributed by atoms with Crippen LogP contribution in [0.5, 0.6) is 0 Å². The molecule has 16 heavy (non-hydrogen) atoms. The molecule has 1 heterocycles. The Hall–Kier alpha value is -0.610. The van der Waals surface area contributed by atoms with E-state index < -0.39 is 0 Å². The van der Waals surface area contributed by atoms with E-state index in [1.54, 1.807) is 0 Å². The molecule has 0 spiro atoms. The highest BCUT2D eigenvalue weighted by Gasteiger charge is 2.26. The van der Waals surface area contributed by atoms with E-state index in [-0.39, 0.29) is 5.97 Å². The van der Waals surface area contributed by atoms with Gasteiger partial charge in [0.05, 0.1) is 7.11 Å². The van der Waals surface area contributed by atoms with Crippen molar-refractivity contribution in [2.24, 2.45) is 11.7 Å². The van der Waals surface area contributed by atoms with E-state index in [9.17, 15) is 4.79 Å². The molecule has 0 aliphatic carbocycles. The van der Waals surface area contributed by atoms with E-state index in [4.69, 9.17) is 5.73 Å². The minimum Gasteiger partial charge on any atom is -0.469 e. The van der Waals surface area contributed by atoms with Crippen molar-refractivity contribution in [1.29, 1.82) is 0 Å². The number of carbonyl (C=O) groups is 1. The molecule has 2 N–H and O–H groups in total. The summed E-state index contributed by atoms with van der Waals surface area (Å²) in [4.78, 5) is 13.4. The molecule has 0 saturated carbocycles. The summed E-state index contributed by atoms with van der Waals surface area (Å²) in [6.45, 7) is 5.07. The normalized spacial score (nSPS) is 26.7. The van der Waals surface area contributed by atoms with Crippen LogP contribution in [0.25, 0.3) is 0 Å². The van der Waals surface area contributed by atoms with Crippen molar-refractivity contribution < 1.29 is 9.53 Å². The van der Waals surface area contributed by atoms with Crippen LogP contribution in [-0.2, 0) is 9.53 Å². The van der Waals surface area contributed by atoms with Gasteiger partial charge < -0.3 is 10.5 Å². The number of methoxy groups -OCH3 is 1. The van der Waals surface area contributed by atoms with Gasteiger partial charge in [-0.2, -0.15) is 0 Å². The molecule has 0 aromatic heterocycles. The van der Waals surface area contributed by atoms with Crippen molar-refractivity contribution >= 4 is 5.97 Å². The zero-order valence-corrected chi connectivity index (χ0v) is 10.4. The second kappa shape index (κ2) is 6.86. The Morgan fingerprint density at radius 1 is 1.56 bits per heavy atom. The number of piperidine rings is 1. The monoisotopic (exact) mass is 228 g/mol. The van der Waals surface area contributed by atoms with Crippen molar-refractivity contribution in [3.63, 3.8) is 0 Å². The third kappa shape index (κ3) is 3.76. The lowest BCUT2D eigenvalue weighted by atomic mass is 9.90. The SMILES string of the molecule is COC(=O)CCCN1CCCC(C)C1CN. The topological polar surface area (TPSA) is 55.6 Å². The molecule has 0 bridgehead atoms. The molecule has 1 aliphatic heterocycles. The van der Waals surface area contributed by atoms with E-state index in [1.165, 1.54) is 20.0 Å². The maximum atomic E-state index is 11.0. The summed E-state index contributed by atoms with van der Waals surface area (Å²) in [5.41, 5.74) is 5.81. The number of nitrogens with two attached hydrogens (primary N) is 1. The fourth-order valence-corrected chi connectivity index (χ4v) is 2.52. The molecule has 94 valence electrons. The van der Waals surface area contributed by atoms with Crippen LogP contribution >= 0.6 is 0 Å². The first-order valence-electron chi connectivity index (χ1n) is 6.20. The molecule has 1 fully saturated rings. The predicted molar refractivity (Wildman–Crippen MR) is 64.1 cm³/mol. The van der Waals surface area contributed by atoms with Gasteiger partial charge in [-0.25, -0.2) is 0 Å². The van der Waals surface area contributed by atoms with Gasteiger partial charge in [-0.1, -0.05) is 6.92 Å². The first kappa shape index (κ1) is 13.5. The molecule has 1 saturated heterocycles. The minimum absolute atomic E-state index is 0.116. The fraction of sp³-hybridized carbons (Fsp3) is 0.917. The summed E-state index contributed by atoms with van der Waals surface area (Å²) >= 11 is 0. The quantitative estimate of drug-likeness (QED) is 0.713. The number of nitrogens with zero attached hydrogens (tertiary/aromatic N) is 1. The maximum Gasteiger partial charge on any atom is 0.305 e. The molecule has 0 aromatic rings. The smallest absolute Gasteiger partial charge is 0.305 e. The first-order valence-corrected chi connectivity index (χ1v) is 6.20. The largest absolute Gasteiger partial charge is 0.469 e. The van der Waals surface area contributed by atoms with E-state index in [2.05, 4.69) is 16.6 Å². The van der Waals surface area contributed by atoms with Crippen LogP contribution in [0.4, 0.5) is 0 Å². The Balaban J connectivity index is 2.31. The molecular weight excluding hydrogens is 204 g/mol. The molecule has 4 nitrogen and oxygen atoms in total. The van der Waals surface area contributed by atoms with E-state index in [0.29, 0.717) is 18.4 Å². The summed E-state index contributed by atoms with van der Waals surface area (Å²) < 4.78 is 4.63. The molecular formula is C12H24N2O2. The van der Waals surface area contributed by atoms with Gasteiger partial charge >= 0.3 is 5.97 Å². The van der Waals surface area contributed by atoms with Gasteiger partial charge in [0.25, 0.3) is 0 Å². The van der Waals surface area contributed by atoms with Crippen LogP contribution in [0.3, 0.4) is 0 Å². The number of esters is 1. The van der Waals surface area contributed by atoms with E-state index in [1.807, 2.05) is 0 Å². The Morgan fingerprint density at radius 3 is 2.94 bits per heavy atom. The zero-order valence-electron chi connectivity index (χ0n) is 10.4. The predicted octanol–water partition coefficient (Wildman–Crippen LogP) is 0.999. The van der Waals surface area contributed by atoms with Gasteiger partial charge in [0.1, 0.15) is 0 Å². The highest BCUT2D eigenvalue weighted by molar-refractivity contribution is 5.69. The second-order valence-electron chi connectivity index (χ2n) is 4.64. The first-order chi connectivity index (χ1) is 7.69. The van der Waals surface area contributed by atoms with Crippen LogP contribution in [0.1, 0.15) is 32.6 Å². The highest BCUT2D eigenvalue weighted by atomic mass is 16.5. The molecule has 1 aliphatic rings. The van der Waals surface area contributed by atoms with Gasteiger partial charge in [-0.3, -0.25) is 9.69 Å². The van der Waals surface area contributed by atoms with Crippen molar-refractivity contribution in [3.8, 4) is 0 Å². The fourth-order valence-electron chi connectivity index (χ4n) is 2.52. The van der Waals surface area contributed by atoms with Crippen molar-refractivity contribution in [1.82, 2.24) is 4.90 Å². The number of hydrogen-bond acceptors (Lipinski definition) is 4. The minimum atomic E-state index is -0.116. The Bertz CT molecular complexity index is 221. The average Bonchev–Trinajstić information content (AvgIpc) is 2.29. The maximum absolute atomic E-state index is 11.0. The summed E-state index contributed by atoms with van der Waals surface area (Å²) in [6.07, 6.45) is 3.90. The van der Waals surface area contributed by atoms with Crippen LogP contribution < -0.4 is 5.73 Å². The lowest BCUT2D eigenvalue weighted by Crippen LogP contribution is -2.48. The third-order valence-electron chi connectivity index (χ3n) is 3.53. The van der Waals surface area contributed by atoms with Gasteiger partial charge in [0.15, 0.2) is 0 Å². The molecule has 2 atom stereocenters. The van der Waals surface area contributed by atoms with Crippen molar-refractivity contribution in [3.05, 3.63) is 0 Å². The van der Waals surface area contributed by atoms with Crippen LogP contribution in [0.2, 0.25) is 0 Å². The lowest BCUT2D eigenvalue weighted by Gasteiger charge is -2.39. The van der Waals surface area contributed by atoms with Crippen molar-refractivity contribution in [2.45, 2.75) is 38.6 Å². The summed E-state index contributed by atoms with van der Waals surface area (Å²) in [6, 6.07) is 0.492. The van der Waals surface area contributed by atoms with Gasteiger partial charge in [0.2, 0.25) is 0 Å². The third-order valence-corrected chi connectivity index (χ3v) is 3.53. The number of likely N-dealkylation sites (tertiary alicyclic amines) is 1.